The minimum Gasteiger partial charge on any atom is -0.322 e. The number of rotatable bonds is 2. The molecule has 1 saturated heterocycles. The normalized spacial score (nSPS) is 20.0. The molecule has 0 aliphatic carbocycles. The third-order valence-electron chi connectivity index (χ3n) is 2.60. The molecule has 1 unspecified atom stereocenters. The molecule has 1 aromatic heterocycles. The molecule has 1 aliphatic rings. The zero-order valence-corrected chi connectivity index (χ0v) is 11.1. The number of nitrogens with one attached hydrogen (secondary N) is 2. The standard InChI is InChI=1S/C11H14ClN3OS/c1-7-2-3-14-10(12)9(7)15-11(16)8-6-17-5-4-13-8/h2-3,8,13H,4-6H2,1H3,(H,15,16). The maximum absolute atomic E-state index is 12.0. The maximum atomic E-state index is 12.0. The molecule has 6 heteroatoms. The summed E-state index contributed by atoms with van der Waals surface area (Å²) in [5.41, 5.74) is 1.53. The van der Waals surface area contributed by atoms with Crippen molar-refractivity contribution < 1.29 is 4.79 Å². The van der Waals surface area contributed by atoms with Crippen LogP contribution >= 0.6 is 23.4 Å². The van der Waals surface area contributed by atoms with E-state index in [1.165, 1.54) is 0 Å². The minimum atomic E-state index is -0.149. The predicted molar refractivity (Wildman–Crippen MR) is 71.7 cm³/mol. The van der Waals surface area contributed by atoms with E-state index in [0.717, 1.165) is 23.6 Å². The van der Waals surface area contributed by atoms with Gasteiger partial charge in [-0.15, -0.1) is 0 Å². The molecule has 1 atom stereocenters. The number of aryl methyl sites for hydroxylation is 1. The minimum absolute atomic E-state index is 0.0461. The van der Waals surface area contributed by atoms with Gasteiger partial charge in [0, 0.05) is 24.2 Å². The molecule has 92 valence electrons. The molecule has 0 aromatic carbocycles. The second-order valence-electron chi connectivity index (χ2n) is 3.86. The monoisotopic (exact) mass is 271 g/mol. The summed E-state index contributed by atoms with van der Waals surface area (Å²) in [6, 6.07) is 1.68. The van der Waals surface area contributed by atoms with Gasteiger partial charge in [-0.05, 0) is 18.6 Å². The SMILES string of the molecule is Cc1ccnc(Cl)c1NC(=O)C1CSCCN1. The summed E-state index contributed by atoms with van der Waals surface area (Å²) in [6.45, 7) is 2.76. The number of carbonyl (C=O) groups is 1. The van der Waals surface area contributed by atoms with Crippen molar-refractivity contribution in [3.63, 3.8) is 0 Å². The molecule has 1 aromatic rings. The average Bonchev–Trinajstić information content (AvgIpc) is 2.35. The third kappa shape index (κ3) is 3.12. The van der Waals surface area contributed by atoms with Gasteiger partial charge < -0.3 is 10.6 Å². The van der Waals surface area contributed by atoms with Crippen LogP contribution in [0.1, 0.15) is 5.56 Å². The number of halogens is 1. The zero-order valence-electron chi connectivity index (χ0n) is 9.50. The molecule has 1 fully saturated rings. The fourth-order valence-corrected chi connectivity index (χ4v) is 2.81. The van der Waals surface area contributed by atoms with Crippen LogP contribution in [0.15, 0.2) is 12.3 Å². The second kappa shape index (κ2) is 5.71. The number of carbonyl (C=O) groups excluding carboxylic acids is 1. The number of anilines is 1. The molecule has 17 heavy (non-hydrogen) atoms. The van der Waals surface area contributed by atoms with Gasteiger partial charge in [-0.1, -0.05) is 11.6 Å². The van der Waals surface area contributed by atoms with Crippen molar-refractivity contribution in [1.82, 2.24) is 10.3 Å². The van der Waals surface area contributed by atoms with Gasteiger partial charge in [0.1, 0.15) is 0 Å². The van der Waals surface area contributed by atoms with Crippen molar-refractivity contribution in [1.29, 1.82) is 0 Å². The Balaban J connectivity index is 2.07. The lowest BCUT2D eigenvalue weighted by molar-refractivity contribution is -0.117. The van der Waals surface area contributed by atoms with E-state index in [0.29, 0.717) is 10.8 Å². The van der Waals surface area contributed by atoms with Gasteiger partial charge in [0.2, 0.25) is 5.91 Å². The molecule has 2 N–H and O–H groups in total. The first-order chi connectivity index (χ1) is 8.18. The number of nitrogens with zero attached hydrogens (tertiary/aromatic N) is 1. The molecule has 0 radical (unpaired) electrons. The van der Waals surface area contributed by atoms with Crippen LogP contribution in [0, 0.1) is 6.92 Å². The molecule has 2 rings (SSSR count). The topological polar surface area (TPSA) is 54.0 Å². The lowest BCUT2D eigenvalue weighted by Crippen LogP contribution is -2.46. The predicted octanol–water partition coefficient (Wildman–Crippen LogP) is 1.69. The Morgan fingerprint density at radius 1 is 1.71 bits per heavy atom. The number of hydrogen-bond acceptors (Lipinski definition) is 4. The van der Waals surface area contributed by atoms with E-state index < -0.39 is 0 Å². The largest absolute Gasteiger partial charge is 0.322 e. The number of hydrogen-bond donors (Lipinski definition) is 2. The highest BCUT2D eigenvalue weighted by atomic mass is 35.5. The highest BCUT2D eigenvalue weighted by Crippen LogP contribution is 2.23. The van der Waals surface area contributed by atoms with E-state index in [-0.39, 0.29) is 11.9 Å². The highest BCUT2D eigenvalue weighted by Gasteiger charge is 2.22. The summed E-state index contributed by atoms with van der Waals surface area (Å²) in [4.78, 5) is 16.0. The summed E-state index contributed by atoms with van der Waals surface area (Å²) in [5.74, 6) is 1.80. The van der Waals surface area contributed by atoms with Crippen LogP contribution in [-0.2, 0) is 4.79 Å². The van der Waals surface area contributed by atoms with Crippen molar-refractivity contribution >= 4 is 35.0 Å². The Bertz CT molecular complexity index is 401. The van der Waals surface area contributed by atoms with Gasteiger partial charge in [0.25, 0.3) is 0 Å². The molecule has 4 nitrogen and oxygen atoms in total. The molecular formula is C11H14ClN3OS. The van der Waals surface area contributed by atoms with E-state index in [1.54, 1.807) is 18.0 Å². The third-order valence-corrected chi connectivity index (χ3v) is 3.95. The fourth-order valence-electron chi connectivity index (χ4n) is 1.62. The molecule has 2 heterocycles. The number of aromatic nitrogens is 1. The quantitative estimate of drug-likeness (QED) is 0.804. The number of thioether (sulfide) groups is 1. The summed E-state index contributed by atoms with van der Waals surface area (Å²) >= 11 is 7.74. The molecular weight excluding hydrogens is 258 g/mol. The Labute approximate surface area is 110 Å². The van der Waals surface area contributed by atoms with Gasteiger partial charge in [0.15, 0.2) is 5.15 Å². The first-order valence-electron chi connectivity index (χ1n) is 5.41. The van der Waals surface area contributed by atoms with Crippen molar-refractivity contribution in [2.45, 2.75) is 13.0 Å². The van der Waals surface area contributed by atoms with Crippen molar-refractivity contribution in [3.8, 4) is 0 Å². The van der Waals surface area contributed by atoms with E-state index >= 15 is 0 Å². The maximum Gasteiger partial charge on any atom is 0.242 e. The molecule has 0 spiro atoms. The van der Waals surface area contributed by atoms with Gasteiger partial charge in [-0.25, -0.2) is 4.98 Å². The summed E-state index contributed by atoms with van der Waals surface area (Å²) in [7, 11) is 0. The van der Waals surface area contributed by atoms with Crippen LogP contribution in [0.3, 0.4) is 0 Å². The first kappa shape index (κ1) is 12.7. The Morgan fingerprint density at radius 3 is 3.18 bits per heavy atom. The van der Waals surface area contributed by atoms with Crippen LogP contribution in [0.25, 0.3) is 0 Å². The van der Waals surface area contributed by atoms with Crippen molar-refractivity contribution in [2.75, 3.05) is 23.4 Å². The first-order valence-corrected chi connectivity index (χ1v) is 6.95. The summed E-state index contributed by atoms with van der Waals surface area (Å²) < 4.78 is 0. The average molecular weight is 272 g/mol. The van der Waals surface area contributed by atoms with E-state index in [1.807, 2.05) is 13.0 Å². The van der Waals surface area contributed by atoms with Crippen LogP contribution in [0.5, 0.6) is 0 Å². The Morgan fingerprint density at radius 2 is 2.53 bits per heavy atom. The lowest BCUT2D eigenvalue weighted by Gasteiger charge is -2.22. The van der Waals surface area contributed by atoms with Gasteiger partial charge in [-0.2, -0.15) is 11.8 Å². The Kier molecular flexibility index (Phi) is 4.25. The van der Waals surface area contributed by atoms with E-state index in [4.69, 9.17) is 11.6 Å². The van der Waals surface area contributed by atoms with Crippen LogP contribution < -0.4 is 10.6 Å². The van der Waals surface area contributed by atoms with Gasteiger partial charge >= 0.3 is 0 Å². The van der Waals surface area contributed by atoms with E-state index in [2.05, 4.69) is 15.6 Å². The zero-order chi connectivity index (χ0) is 12.3. The van der Waals surface area contributed by atoms with Crippen molar-refractivity contribution in [3.05, 3.63) is 23.0 Å². The van der Waals surface area contributed by atoms with E-state index in [9.17, 15) is 4.79 Å². The molecule has 1 amide bonds. The van der Waals surface area contributed by atoms with Gasteiger partial charge in [0.05, 0.1) is 11.7 Å². The van der Waals surface area contributed by atoms with Crippen LogP contribution in [0.2, 0.25) is 5.15 Å². The van der Waals surface area contributed by atoms with Crippen LogP contribution in [-0.4, -0.2) is 35.0 Å². The number of amides is 1. The second-order valence-corrected chi connectivity index (χ2v) is 5.37. The molecule has 0 bridgehead atoms. The van der Waals surface area contributed by atoms with Gasteiger partial charge in [-0.3, -0.25) is 4.79 Å². The fraction of sp³-hybridized carbons (Fsp3) is 0.455. The van der Waals surface area contributed by atoms with Crippen molar-refractivity contribution in [2.24, 2.45) is 0 Å². The molecule has 0 saturated carbocycles. The summed E-state index contributed by atoms with van der Waals surface area (Å²) in [5, 5.41) is 6.36. The lowest BCUT2D eigenvalue weighted by atomic mass is 10.2. The highest BCUT2D eigenvalue weighted by molar-refractivity contribution is 7.99. The number of pyridine rings is 1. The summed E-state index contributed by atoms with van der Waals surface area (Å²) in [6.07, 6.45) is 1.63. The molecule has 1 aliphatic heterocycles. The Hall–Kier alpha value is -0.780. The smallest absolute Gasteiger partial charge is 0.242 e. The van der Waals surface area contributed by atoms with Crippen LogP contribution in [0.4, 0.5) is 5.69 Å².